The number of amides is 2. The molecule has 144 valence electrons. The summed E-state index contributed by atoms with van der Waals surface area (Å²) in [5.74, 6) is -1.52. The minimum atomic E-state index is -0.628. The average Bonchev–Trinajstić information content (AvgIpc) is 2.65. The molecular weight excluding hydrogens is 349 g/mol. The fraction of sp³-hybridized carbons (Fsp3) is 0.350. The molecule has 2 rings (SSSR count). The normalized spacial score (nSPS) is 11.7. The third-order valence-corrected chi connectivity index (χ3v) is 4.31. The molecule has 1 aromatic heterocycles. The molecule has 2 N–H and O–H groups in total. The van der Waals surface area contributed by atoms with Gasteiger partial charge in [0.25, 0.3) is 11.8 Å². The number of rotatable bonds is 7. The predicted octanol–water partition coefficient (Wildman–Crippen LogP) is 2.64. The van der Waals surface area contributed by atoms with Gasteiger partial charge in [-0.3, -0.25) is 14.4 Å². The summed E-state index contributed by atoms with van der Waals surface area (Å²) >= 11 is 0. The maximum absolute atomic E-state index is 13.3. The van der Waals surface area contributed by atoms with Gasteiger partial charge in [-0.05, 0) is 38.0 Å². The second kappa shape index (κ2) is 9.12. The van der Waals surface area contributed by atoms with Crippen LogP contribution in [0.15, 0.2) is 41.5 Å². The Balaban J connectivity index is 2.35. The third-order valence-electron chi connectivity index (χ3n) is 4.31. The number of carbonyl (C=O) groups is 2. The van der Waals surface area contributed by atoms with E-state index in [9.17, 15) is 18.8 Å². The molecule has 0 fully saturated rings. The van der Waals surface area contributed by atoms with Crippen LogP contribution in [0.5, 0.6) is 0 Å². The summed E-state index contributed by atoms with van der Waals surface area (Å²) in [6.45, 7) is 6.10. The van der Waals surface area contributed by atoms with Crippen molar-refractivity contribution in [1.29, 1.82) is 0 Å². The molecule has 7 heteroatoms. The first kappa shape index (κ1) is 20.4. The average molecular weight is 373 g/mol. The van der Waals surface area contributed by atoms with Crippen LogP contribution in [0.4, 0.5) is 4.39 Å². The first-order valence-corrected chi connectivity index (χ1v) is 8.94. The highest BCUT2D eigenvalue weighted by Crippen LogP contribution is 2.12. The first-order valence-electron chi connectivity index (χ1n) is 8.94. The smallest absolute Gasteiger partial charge is 0.257 e. The van der Waals surface area contributed by atoms with Gasteiger partial charge in [-0.15, -0.1) is 0 Å². The Morgan fingerprint density at radius 1 is 1.11 bits per heavy atom. The van der Waals surface area contributed by atoms with Crippen LogP contribution in [0.3, 0.4) is 0 Å². The van der Waals surface area contributed by atoms with Gasteiger partial charge in [0.2, 0.25) is 5.43 Å². The molecule has 2 aromatic rings. The van der Waals surface area contributed by atoms with Crippen LogP contribution >= 0.6 is 0 Å². The Bertz CT molecular complexity index is 892. The number of nitrogens with zero attached hydrogens (tertiary/aromatic N) is 1. The summed E-state index contributed by atoms with van der Waals surface area (Å²) in [7, 11) is 0. The van der Waals surface area contributed by atoms with Crippen LogP contribution in [-0.4, -0.2) is 22.9 Å². The highest BCUT2D eigenvalue weighted by atomic mass is 19.1. The van der Waals surface area contributed by atoms with E-state index in [2.05, 4.69) is 10.6 Å². The van der Waals surface area contributed by atoms with Crippen LogP contribution in [0.1, 0.15) is 59.5 Å². The van der Waals surface area contributed by atoms with E-state index in [1.165, 1.54) is 24.5 Å². The number of nitrogens with one attached hydrogen (secondary N) is 2. The molecule has 1 heterocycles. The zero-order chi connectivity index (χ0) is 20.0. The Labute approximate surface area is 157 Å². The van der Waals surface area contributed by atoms with Crippen molar-refractivity contribution in [3.8, 4) is 0 Å². The molecule has 27 heavy (non-hydrogen) atoms. The van der Waals surface area contributed by atoms with Gasteiger partial charge >= 0.3 is 0 Å². The van der Waals surface area contributed by atoms with Gasteiger partial charge < -0.3 is 15.2 Å². The van der Waals surface area contributed by atoms with Crippen LogP contribution in [0, 0.1) is 5.82 Å². The number of halogens is 1. The van der Waals surface area contributed by atoms with Crippen molar-refractivity contribution in [2.45, 2.75) is 39.8 Å². The number of pyridine rings is 1. The lowest BCUT2D eigenvalue weighted by Gasteiger charge is -2.17. The molecular formula is C20H24FN3O3. The van der Waals surface area contributed by atoms with E-state index in [1.54, 1.807) is 23.6 Å². The van der Waals surface area contributed by atoms with Gasteiger partial charge in [-0.25, -0.2) is 4.39 Å². The van der Waals surface area contributed by atoms with Gasteiger partial charge in [-0.1, -0.05) is 19.1 Å². The molecule has 0 saturated carbocycles. The van der Waals surface area contributed by atoms with Crippen LogP contribution < -0.4 is 16.1 Å². The number of carbonyl (C=O) groups excluding carboxylic acids is 2. The van der Waals surface area contributed by atoms with E-state index >= 15 is 0 Å². The largest absolute Gasteiger partial charge is 0.352 e. The van der Waals surface area contributed by atoms with Gasteiger partial charge in [0.15, 0.2) is 0 Å². The van der Waals surface area contributed by atoms with E-state index in [4.69, 9.17) is 0 Å². The van der Waals surface area contributed by atoms with Crippen molar-refractivity contribution >= 4 is 11.8 Å². The van der Waals surface area contributed by atoms with Gasteiger partial charge in [0.05, 0.1) is 0 Å². The number of benzene rings is 1. The second-order valence-corrected chi connectivity index (χ2v) is 6.29. The lowest BCUT2D eigenvalue weighted by atomic mass is 10.1. The maximum Gasteiger partial charge on any atom is 0.257 e. The molecule has 6 nitrogen and oxygen atoms in total. The lowest BCUT2D eigenvalue weighted by Crippen LogP contribution is -2.35. The van der Waals surface area contributed by atoms with E-state index in [-0.39, 0.29) is 23.7 Å². The molecule has 1 atom stereocenters. The van der Waals surface area contributed by atoms with E-state index < -0.39 is 23.1 Å². The minimum Gasteiger partial charge on any atom is -0.352 e. The molecule has 2 amide bonds. The first-order chi connectivity index (χ1) is 12.9. The summed E-state index contributed by atoms with van der Waals surface area (Å²) in [6.07, 6.45) is 3.70. The van der Waals surface area contributed by atoms with Gasteiger partial charge in [0, 0.05) is 31.5 Å². The summed E-state index contributed by atoms with van der Waals surface area (Å²) in [4.78, 5) is 37.5. The topological polar surface area (TPSA) is 80.2 Å². The third kappa shape index (κ3) is 5.03. The highest BCUT2D eigenvalue weighted by molar-refractivity contribution is 5.99. The Hall–Kier alpha value is -2.96. The summed E-state index contributed by atoms with van der Waals surface area (Å²) < 4.78 is 15.0. The number of hydrogen-bond acceptors (Lipinski definition) is 3. The Morgan fingerprint density at radius 3 is 2.30 bits per heavy atom. The summed E-state index contributed by atoms with van der Waals surface area (Å²) in [6, 6.07) is 5.84. The Morgan fingerprint density at radius 2 is 1.74 bits per heavy atom. The molecule has 0 aliphatic heterocycles. The van der Waals surface area contributed by atoms with Crippen molar-refractivity contribution in [2.24, 2.45) is 0 Å². The zero-order valence-electron chi connectivity index (χ0n) is 15.7. The quantitative estimate of drug-likeness (QED) is 0.783. The fourth-order valence-corrected chi connectivity index (χ4v) is 2.57. The van der Waals surface area contributed by atoms with E-state index in [0.717, 1.165) is 6.42 Å². The molecule has 0 radical (unpaired) electrons. The second-order valence-electron chi connectivity index (χ2n) is 6.29. The Kier molecular flexibility index (Phi) is 6.87. The monoisotopic (exact) mass is 373 g/mol. The van der Waals surface area contributed by atoms with Crippen molar-refractivity contribution in [3.63, 3.8) is 0 Å². The van der Waals surface area contributed by atoms with Crippen molar-refractivity contribution in [2.75, 3.05) is 6.54 Å². The highest BCUT2D eigenvalue weighted by Gasteiger charge is 2.20. The van der Waals surface area contributed by atoms with Crippen molar-refractivity contribution in [1.82, 2.24) is 15.2 Å². The molecule has 1 unspecified atom stereocenters. The lowest BCUT2D eigenvalue weighted by molar-refractivity contribution is 0.0948. The minimum absolute atomic E-state index is 0.00791. The standard InChI is InChI=1S/C20H24FN3O3/c1-4-13(3)24-11-16(19(26)22-5-2)18(25)17(12-24)20(27)23-10-14-7-6-8-15(21)9-14/h6-9,11-13H,4-5,10H2,1-3H3,(H,22,26)(H,23,27). The van der Waals surface area contributed by atoms with Gasteiger partial charge in [-0.2, -0.15) is 0 Å². The SMILES string of the molecule is CCNC(=O)c1cn(C(C)CC)cc(C(=O)NCc2cccc(F)c2)c1=O. The molecule has 1 aromatic carbocycles. The fourth-order valence-electron chi connectivity index (χ4n) is 2.57. The van der Waals surface area contributed by atoms with Crippen LogP contribution in [0.25, 0.3) is 0 Å². The van der Waals surface area contributed by atoms with E-state index in [1.807, 2.05) is 13.8 Å². The zero-order valence-corrected chi connectivity index (χ0v) is 15.7. The number of hydrogen-bond donors (Lipinski definition) is 2. The van der Waals surface area contributed by atoms with Crippen molar-refractivity contribution in [3.05, 3.63) is 69.4 Å². The molecule has 0 bridgehead atoms. The number of aromatic nitrogens is 1. The van der Waals surface area contributed by atoms with Crippen LogP contribution in [0.2, 0.25) is 0 Å². The predicted molar refractivity (Wildman–Crippen MR) is 101 cm³/mol. The molecule has 0 aliphatic rings. The maximum atomic E-state index is 13.3. The molecule has 0 saturated heterocycles. The van der Waals surface area contributed by atoms with Gasteiger partial charge in [0.1, 0.15) is 16.9 Å². The van der Waals surface area contributed by atoms with Crippen LogP contribution in [-0.2, 0) is 6.54 Å². The van der Waals surface area contributed by atoms with E-state index in [0.29, 0.717) is 12.1 Å². The summed E-state index contributed by atoms with van der Waals surface area (Å²) in [5, 5.41) is 5.21. The molecule has 0 aliphatic carbocycles. The molecule has 0 spiro atoms. The van der Waals surface area contributed by atoms with Crippen molar-refractivity contribution < 1.29 is 14.0 Å². The summed E-state index contributed by atoms with van der Waals surface area (Å²) in [5.41, 5.74) is -0.242.